The van der Waals surface area contributed by atoms with E-state index in [-0.39, 0.29) is 12.6 Å². The highest BCUT2D eigenvalue weighted by Gasteiger charge is 2.18. The molecule has 2 saturated heterocycles. The van der Waals surface area contributed by atoms with Crippen LogP contribution in [-0.4, -0.2) is 44.3 Å². The zero-order valence-electron chi connectivity index (χ0n) is 13.2. The summed E-state index contributed by atoms with van der Waals surface area (Å²) in [6, 6.07) is 3.72. The first-order chi connectivity index (χ1) is 11.4. The van der Waals surface area contributed by atoms with Crippen LogP contribution < -0.4 is 4.74 Å². The maximum absolute atomic E-state index is 5.61. The van der Waals surface area contributed by atoms with Crippen molar-refractivity contribution in [2.45, 2.75) is 31.8 Å². The molecule has 0 bridgehead atoms. The second-order valence-corrected chi connectivity index (χ2v) is 5.41. The molecule has 0 spiro atoms. The molecule has 2 aliphatic heterocycles. The van der Waals surface area contributed by atoms with Crippen LogP contribution in [0.2, 0.25) is 0 Å². The molecular formula is C17H23NO5. The van der Waals surface area contributed by atoms with Gasteiger partial charge in [-0.05, 0) is 31.4 Å². The average molecular weight is 321 g/mol. The van der Waals surface area contributed by atoms with Crippen molar-refractivity contribution in [1.29, 1.82) is 0 Å². The minimum atomic E-state index is -0.306. The Morgan fingerprint density at radius 3 is 2.78 bits per heavy atom. The Balaban J connectivity index is 1.36. The van der Waals surface area contributed by atoms with E-state index in [0.717, 1.165) is 25.0 Å². The van der Waals surface area contributed by atoms with Gasteiger partial charge in [0.05, 0.1) is 19.8 Å². The highest BCUT2D eigenvalue weighted by atomic mass is 16.7. The Hall–Kier alpha value is -1.47. The molecule has 126 valence electrons. The van der Waals surface area contributed by atoms with Gasteiger partial charge in [-0.1, -0.05) is 6.08 Å². The van der Waals surface area contributed by atoms with Gasteiger partial charge in [-0.3, -0.25) is 0 Å². The van der Waals surface area contributed by atoms with Crippen molar-refractivity contribution < 1.29 is 23.7 Å². The molecule has 6 heteroatoms. The zero-order chi connectivity index (χ0) is 15.7. The van der Waals surface area contributed by atoms with Crippen LogP contribution in [0.3, 0.4) is 0 Å². The topological polar surface area (TPSA) is 59.0 Å². The zero-order valence-corrected chi connectivity index (χ0v) is 13.2. The Morgan fingerprint density at radius 2 is 1.96 bits per heavy atom. The summed E-state index contributed by atoms with van der Waals surface area (Å²) in [7, 11) is 0. The monoisotopic (exact) mass is 321 g/mol. The summed E-state index contributed by atoms with van der Waals surface area (Å²) >= 11 is 0. The summed E-state index contributed by atoms with van der Waals surface area (Å²) < 4.78 is 27.6. The third-order valence-corrected chi connectivity index (χ3v) is 3.66. The molecule has 23 heavy (non-hydrogen) atoms. The van der Waals surface area contributed by atoms with E-state index >= 15 is 0 Å². The lowest BCUT2D eigenvalue weighted by molar-refractivity contribution is -0.155. The fourth-order valence-electron chi connectivity index (χ4n) is 2.48. The van der Waals surface area contributed by atoms with Crippen LogP contribution in [0.25, 0.3) is 0 Å². The molecule has 3 rings (SSSR count). The quantitative estimate of drug-likeness (QED) is 0.720. The summed E-state index contributed by atoms with van der Waals surface area (Å²) in [5, 5.41) is 0. The van der Waals surface area contributed by atoms with Crippen LogP contribution in [0.15, 0.2) is 30.5 Å². The molecule has 0 N–H and O–H groups in total. The van der Waals surface area contributed by atoms with Crippen molar-refractivity contribution in [1.82, 2.24) is 4.98 Å². The van der Waals surface area contributed by atoms with E-state index in [1.165, 1.54) is 6.42 Å². The molecule has 1 unspecified atom stereocenters. The highest BCUT2D eigenvalue weighted by Crippen LogP contribution is 2.24. The second kappa shape index (κ2) is 8.98. The number of hydrogen-bond donors (Lipinski definition) is 0. The predicted octanol–water partition coefficient (Wildman–Crippen LogP) is 2.61. The summed E-state index contributed by atoms with van der Waals surface area (Å²) in [6.45, 7) is 3.02. The number of hydrogen-bond acceptors (Lipinski definition) is 6. The van der Waals surface area contributed by atoms with Gasteiger partial charge in [-0.15, -0.1) is 0 Å². The molecule has 2 aliphatic rings. The standard InChI is InChI=1S/C17H23NO5/c1-2-9-20-16(5-1)21-10-4-3-8-19-15-13-14(6-7-18-15)17-22-11-12-23-17/h3-4,6-7,13,16-17H,1-2,5,8-12H2/b4-3+. The number of nitrogens with zero attached hydrogens (tertiary/aromatic N) is 1. The Kier molecular flexibility index (Phi) is 6.40. The Labute approximate surface area is 136 Å². The summed E-state index contributed by atoms with van der Waals surface area (Å²) in [6.07, 6.45) is 8.47. The highest BCUT2D eigenvalue weighted by molar-refractivity contribution is 5.22. The van der Waals surface area contributed by atoms with Crippen molar-refractivity contribution in [3.05, 3.63) is 36.0 Å². The fraction of sp³-hybridized carbons (Fsp3) is 0.588. The minimum absolute atomic E-state index is 0.0564. The molecule has 0 aliphatic carbocycles. The van der Waals surface area contributed by atoms with E-state index in [0.29, 0.717) is 32.3 Å². The number of pyridine rings is 1. The molecule has 6 nitrogen and oxygen atoms in total. The molecule has 3 heterocycles. The van der Waals surface area contributed by atoms with E-state index in [1.807, 2.05) is 24.3 Å². The van der Waals surface area contributed by atoms with Crippen molar-refractivity contribution in [3.8, 4) is 5.88 Å². The molecule has 1 aromatic heterocycles. The van der Waals surface area contributed by atoms with Crippen molar-refractivity contribution in [3.63, 3.8) is 0 Å². The molecule has 0 aromatic carbocycles. The van der Waals surface area contributed by atoms with Gasteiger partial charge in [0, 0.05) is 24.4 Å². The smallest absolute Gasteiger partial charge is 0.213 e. The van der Waals surface area contributed by atoms with E-state index in [1.54, 1.807) is 6.20 Å². The van der Waals surface area contributed by atoms with Crippen LogP contribution >= 0.6 is 0 Å². The molecule has 1 atom stereocenters. The Morgan fingerprint density at radius 1 is 1.09 bits per heavy atom. The lowest BCUT2D eigenvalue weighted by Crippen LogP contribution is -2.22. The van der Waals surface area contributed by atoms with E-state index < -0.39 is 0 Å². The summed E-state index contributed by atoms with van der Waals surface area (Å²) in [5.41, 5.74) is 0.925. The molecule has 0 saturated carbocycles. The van der Waals surface area contributed by atoms with Gasteiger partial charge in [0.2, 0.25) is 5.88 Å². The van der Waals surface area contributed by atoms with Crippen LogP contribution in [0.4, 0.5) is 0 Å². The van der Waals surface area contributed by atoms with Gasteiger partial charge in [0.25, 0.3) is 0 Å². The first kappa shape index (κ1) is 16.4. The number of ether oxygens (including phenoxy) is 5. The maximum atomic E-state index is 5.61. The minimum Gasteiger partial charge on any atom is -0.473 e. The maximum Gasteiger partial charge on any atom is 0.213 e. The fourth-order valence-corrected chi connectivity index (χ4v) is 2.48. The molecule has 1 aromatic rings. The van der Waals surface area contributed by atoms with Crippen LogP contribution in [0, 0.1) is 0 Å². The predicted molar refractivity (Wildman–Crippen MR) is 83.1 cm³/mol. The first-order valence-electron chi connectivity index (χ1n) is 8.12. The van der Waals surface area contributed by atoms with Crippen molar-refractivity contribution in [2.24, 2.45) is 0 Å². The van der Waals surface area contributed by atoms with Gasteiger partial charge in [0.15, 0.2) is 12.6 Å². The van der Waals surface area contributed by atoms with Crippen molar-refractivity contribution >= 4 is 0 Å². The number of rotatable bonds is 7. The Bertz CT molecular complexity index is 496. The molecule has 0 radical (unpaired) electrons. The van der Waals surface area contributed by atoms with Crippen molar-refractivity contribution in [2.75, 3.05) is 33.0 Å². The second-order valence-electron chi connectivity index (χ2n) is 5.41. The molecular weight excluding hydrogens is 298 g/mol. The lowest BCUT2D eigenvalue weighted by Gasteiger charge is -2.21. The summed E-state index contributed by atoms with van der Waals surface area (Å²) in [4.78, 5) is 4.18. The first-order valence-corrected chi connectivity index (χ1v) is 8.12. The molecule has 2 fully saturated rings. The third-order valence-electron chi connectivity index (χ3n) is 3.66. The van der Waals surface area contributed by atoms with Crippen LogP contribution in [0.1, 0.15) is 31.1 Å². The van der Waals surface area contributed by atoms with E-state index in [9.17, 15) is 0 Å². The van der Waals surface area contributed by atoms with Crippen LogP contribution in [-0.2, 0) is 18.9 Å². The third kappa shape index (κ3) is 5.28. The number of aromatic nitrogens is 1. The van der Waals surface area contributed by atoms with Crippen LogP contribution in [0.5, 0.6) is 5.88 Å². The van der Waals surface area contributed by atoms with Gasteiger partial charge >= 0.3 is 0 Å². The van der Waals surface area contributed by atoms with Gasteiger partial charge in [0.1, 0.15) is 6.61 Å². The lowest BCUT2D eigenvalue weighted by atomic mass is 10.2. The van der Waals surface area contributed by atoms with Gasteiger partial charge < -0.3 is 23.7 Å². The van der Waals surface area contributed by atoms with Gasteiger partial charge in [-0.25, -0.2) is 4.98 Å². The van der Waals surface area contributed by atoms with E-state index in [2.05, 4.69) is 4.98 Å². The van der Waals surface area contributed by atoms with Gasteiger partial charge in [-0.2, -0.15) is 0 Å². The summed E-state index contributed by atoms with van der Waals surface area (Å²) in [5.74, 6) is 0.558. The average Bonchev–Trinajstić information content (AvgIpc) is 3.14. The van der Waals surface area contributed by atoms with E-state index in [4.69, 9.17) is 23.7 Å². The normalized spacial score (nSPS) is 22.7. The largest absolute Gasteiger partial charge is 0.473 e. The molecule has 0 amide bonds. The SMILES string of the molecule is C(=C\COC1CCCCO1)/COc1cc(C2OCCO2)ccn1.